The van der Waals surface area contributed by atoms with Crippen molar-refractivity contribution in [1.82, 2.24) is 0 Å². The molecule has 0 spiro atoms. The molecule has 3 nitrogen and oxygen atoms in total. The molecule has 2 aliphatic rings. The number of hydrogen-bond acceptors (Lipinski definition) is 1. The van der Waals surface area contributed by atoms with Crippen LogP contribution in [0.1, 0.15) is 45.1 Å². The average molecular weight is 360 g/mol. The highest BCUT2D eigenvalue weighted by atomic mass is 79.9. The van der Waals surface area contributed by atoms with E-state index in [1.54, 1.807) is 0 Å². The summed E-state index contributed by atoms with van der Waals surface area (Å²) in [5.74, 6) is 0.518. The van der Waals surface area contributed by atoms with Gasteiger partial charge >= 0.3 is 5.97 Å². The molecule has 0 aromatic heterocycles. The molecule has 2 fully saturated rings. The van der Waals surface area contributed by atoms with E-state index >= 15 is 0 Å². The second kappa shape index (κ2) is 6.77. The van der Waals surface area contributed by atoms with Crippen LogP contribution < -0.4 is 4.74 Å². The van der Waals surface area contributed by atoms with Crippen LogP contribution in [0.15, 0.2) is 16.6 Å². The zero-order chi connectivity index (χ0) is 15.6. The van der Waals surface area contributed by atoms with E-state index in [1.165, 1.54) is 25.0 Å². The van der Waals surface area contributed by atoms with Crippen LogP contribution in [0.3, 0.4) is 0 Å². The Bertz CT molecular complexity index is 526. The maximum absolute atomic E-state index is 13.6. The second-order valence-electron chi connectivity index (χ2n) is 5.76. The highest BCUT2D eigenvalue weighted by Crippen LogP contribution is 2.39. The summed E-state index contributed by atoms with van der Waals surface area (Å²) in [5, 5.41) is 8.96. The van der Waals surface area contributed by atoms with Crippen LogP contribution in [0, 0.1) is 17.7 Å². The minimum Gasteiger partial charge on any atom is -0.486 e. The minimum atomic E-state index is -0.933. The zero-order valence-electron chi connectivity index (χ0n) is 12.3. The van der Waals surface area contributed by atoms with E-state index in [0.29, 0.717) is 0 Å². The molecule has 1 aromatic carbocycles. The Kier molecular flexibility index (Phi) is 5.25. The van der Waals surface area contributed by atoms with Gasteiger partial charge in [0, 0.05) is 0 Å². The lowest BCUT2D eigenvalue weighted by Crippen LogP contribution is -2.07. The van der Waals surface area contributed by atoms with Crippen molar-refractivity contribution in [2.24, 2.45) is 11.8 Å². The molecule has 2 atom stereocenters. The standard InChI is InChI=1S/C10H8BrFO3.C6H12/c11-7-4-3-6(10(13)14)9(8(7)12)15-5-1-2-5;1-3-6-4-5(6)2/h3-5H,1-2H2,(H,13,14);5-6H,3-4H2,1-2H3/p+1. The van der Waals surface area contributed by atoms with E-state index < -0.39 is 11.8 Å². The molecule has 0 bridgehead atoms. The van der Waals surface area contributed by atoms with E-state index in [1.807, 2.05) is 0 Å². The Morgan fingerprint density at radius 2 is 2.10 bits per heavy atom. The highest BCUT2D eigenvalue weighted by molar-refractivity contribution is 9.10. The third-order valence-corrected chi connectivity index (χ3v) is 4.51. The normalized spacial score (nSPS) is 23.0. The lowest BCUT2D eigenvalue weighted by atomic mass is 10.2. The molecule has 2 aliphatic carbocycles. The van der Waals surface area contributed by atoms with Gasteiger partial charge in [-0.3, -0.25) is 0 Å². The SMILES string of the molecule is CCC1CC1C.OC(=[OH+])c1ccc(Br)c(F)c1OC1CC1. The van der Waals surface area contributed by atoms with Gasteiger partial charge in [-0.15, -0.1) is 0 Å². The van der Waals surface area contributed by atoms with Crippen LogP contribution in [0.4, 0.5) is 4.39 Å². The van der Waals surface area contributed by atoms with Crippen LogP contribution in [0.5, 0.6) is 5.75 Å². The number of carboxylic acids is 1. The molecule has 2 N–H and O–H groups in total. The van der Waals surface area contributed by atoms with Gasteiger partial charge in [0.1, 0.15) is 0 Å². The first-order valence-electron chi connectivity index (χ1n) is 7.33. The highest BCUT2D eigenvalue weighted by Gasteiger charge is 2.30. The molecule has 3 rings (SSSR count). The van der Waals surface area contributed by atoms with Crippen molar-refractivity contribution in [3.05, 3.63) is 28.0 Å². The van der Waals surface area contributed by atoms with E-state index in [2.05, 4.69) is 29.8 Å². The number of aromatic carboxylic acids is 1. The molecule has 0 radical (unpaired) electrons. The van der Waals surface area contributed by atoms with Crippen molar-refractivity contribution in [1.29, 1.82) is 0 Å². The van der Waals surface area contributed by atoms with Crippen LogP contribution in [0.2, 0.25) is 0 Å². The van der Waals surface area contributed by atoms with Gasteiger partial charge < -0.3 is 14.6 Å². The molecule has 2 unspecified atom stereocenters. The average Bonchev–Trinajstić information content (AvgIpc) is 3.34. The first-order chi connectivity index (χ1) is 9.93. The summed E-state index contributed by atoms with van der Waals surface area (Å²) in [7, 11) is 0. The largest absolute Gasteiger partial charge is 0.519 e. The summed E-state index contributed by atoms with van der Waals surface area (Å²) in [5.41, 5.74) is -0.0254. The molecular formula is C16H21BrFO3+. The summed E-state index contributed by atoms with van der Waals surface area (Å²) >= 11 is 3.01. The number of aliphatic hydroxyl groups excluding tert-OH is 1. The maximum atomic E-state index is 13.6. The molecular weight excluding hydrogens is 339 g/mol. The number of rotatable bonds is 4. The zero-order valence-corrected chi connectivity index (χ0v) is 13.9. The van der Waals surface area contributed by atoms with Gasteiger partial charge in [0.15, 0.2) is 17.1 Å². The fourth-order valence-corrected chi connectivity index (χ4v) is 2.46. The lowest BCUT2D eigenvalue weighted by Gasteiger charge is -2.08. The molecule has 0 amide bonds. The quantitative estimate of drug-likeness (QED) is 0.799. The van der Waals surface area contributed by atoms with Gasteiger partial charge in [-0.25, -0.2) is 4.39 Å². The van der Waals surface area contributed by atoms with Crippen molar-refractivity contribution < 1.29 is 19.0 Å². The molecule has 116 valence electrons. The van der Waals surface area contributed by atoms with E-state index in [0.717, 1.165) is 24.7 Å². The monoisotopic (exact) mass is 359 g/mol. The molecule has 0 saturated heterocycles. The smallest absolute Gasteiger partial charge is 0.486 e. The number of benzene rings is 1. The molecule has 0 aliphatic heterocycles. The third-order valence-electron chi connectivity index (χ3n) is 3.90. The summed E-state index contributed by atoms with van der Waals surface area (Å²) in [4.78, 5) is 8.96. The summed E-state index contributed by atoms with van der Waals surface area (Å²) in [6, 6.07) is 2.79. The molecule has 21 heavy (non-hydrogen) atoms. The van der Waals surface area contributed by atoms with Crippen molar-refractivity contribution >= 4 is 21.9 Å². The van der Waals surface area contributed by atoms with Crippen LogP contribution in [0.25, 0.3) is 0 Å². The minimum absolute atomic E-state index is 0.00750. The van der Waals surface area contributed by atoms with Crippen molar-refractivity contribution in [2.75, 3.05) is 0 Å². The number of ether oxygens (including phenoxy) is 1. The first-order valence-corrected chi connectivity index (χ1v) is 8.13. The Labute approximate surface area is 132 Å². The molecule has 1 aromatic rings. The maximum Gasteiger partial charge on any atom is 0.519 e. The number of carboxylic acid groups (broad SMARTS) is 1. The van der Waals surface area contributed by atoms with Crippen LogP contribution in [-0.2, 0) is 0 Å². The first kappa shape index (κ1) is 16.3. The van der Waals surface area contributed by atoms with E-state index in [-0.39, 0.29) is 21.9 Å². The van der Waals surface area contributed by atoms with E-state index in [9.17, 15) is 4.39 Å². The lowest BCUT2D eigenvalue weighted by molar-refractivity contribution is 0.284. The van der Waals surface area contributed by atoms with Gasteiger partial charge in [0.25, 0.3) is 0 Å². The predicted molar refractivity (Wildman–Crippen MR) is 84.0 cm³/mol. The van der Waals surface area contributed by atoms with Crippen LogP contribution >= 0.6 is 15.9 Å². The second-order valence-corrected chi connectivity index (χ2v) is 6.61. The van der Waals surface area contributed by atoms with Gasteiger partial charge in [0.2, 0.25) is 0 Å². The van der Waals surface area contributed by atoms with E-state index in [4.69, 9.17) is 14.6 Å². The Morgan fingerprint density at radius 3 is 2.48 bits per heavy atom. The fraction of sp³-hybridized carbons (Fsp3) is 0.562. The Hall–Kier alpha value is -1.10. The molecule has 0 heterocycles. The Balaban J connectivity index is 0.000000225. The predicted octanol–water partition coefficient (Wildman–Crippen LogP) is 4.59. The van der Waals surface area contributed by atoms with Crippen molar-refractivity contribution in [2.45, 2.75) is 45.6 Å². The molecule has 2 saturated carbocycles. The van der Waals surface area contributed by atoms with Gasteiger partial charge in [-0.1, -0.05) is 20.3 Å². The summed E-state index contributed by atoms with van der Waals surface area (Å²) in [6.07, 6.45) is 4.64. The molecule has 5 heteroatoms. The van der Waals surface area contributed by atoms with Gasteiger partial charge in [0.05, 0.1) is 10.6 Å². The topological polar surface area (TPSA) is 50.9 Å². The van der Waals surface area contributed by atoms with Gasteiger partial charge in [-0.2, -0.15) is 0 Å². The van der Waals surface area contributed by atoms with Crippen molar-refractivity contribution in [3.8, 4) is 5.75 Å². The van der Waals surface area contributed by atoms with Crippen molar-refractivity contribution in [3.63, 3.8) is 0 Å². The van der Waals surface area contributed by atoms with Gasteiger partial charge in [-0.05, 0) is 59.2 Å². The summed E-state index contributed by atoms with van der Waals surface area (Å²) < 4.78 is 19.1. The third kappa shape index (κ3) is 4.43. The Morgan fingerprint density at radius 1 is 1.48 bits per heavy atom. The fourth-order valence-electron chi connectivity index (χ4n) is 2.14. The van der Waals surface area contributed by atoms with Crippen LogP contribution in [-0.4, -0.2) is 22.0 Å². The number of halogens is 2. The summed E-state index contributed by atoms with van der Waals surface area (Å²) in [6.45, 7) is 4.60. The number of hydrogen-bond donors (Lipinski definition) is 1.